The van der Waals surface area contributed by atoms with Gasteiger partial charge in [-0.3, -0.25) is 4.90 Å². The van der Waals surface area contributed by atoms with Gasteiger partial charge in [-0.2, -0.15) is 0 Å². The van der Waals surface area contributed by atoms with Crippen LogP contribution in [0.3, 0.4) is 0 Å². The van der Waals surface area contributed by atoms with E-state index in [0.29, 0.717) is 21.5 Å². The molecule has 112 valence electrons. The summed E-state index contributed by atoms with van der Waals surface area (Å²) < 4.78 is 0. The minimum absolute atomic E-state index is 0. The summed E-state index contributed by atoms with van der Waals surface area (Å²) in [7, 11) is 0. The number of halogens is 3. The highest BCUT2D eigenvalue weighted by molar-refractivity contribution is 6.42. The van der Waals surface area contributed by atoms with Gasteiger partial charge in [0.25, 0.3) is 0 Å². The van der Waals surface area contributed by atoms with Crippen molar-refractivity contribution < 1.29 is 0 Å². The highest BCUT2D eigenvalue weighted by Gasteiger charge is 2.46. The first-order valence-corrected chi connectivity index (χ1v) is 8.09. The molecule has 1 saturated heterocycles. The Kier molecular flexibility index (Phi) is 5.29. The quantitative estimate of drug-likeness (QED) is 0.723. The molecule has 3 rings (SSSR count). The molecule has 0 amide bonds. The molecule has 0 spiro atoms. The van der Waals surface area contributed by atoms with E-state index in [1.807, 2.05) is 6.07 Å². The smallest absolute Gasteiger partial charge is 0.0595 e. The maximum absolute atomic E-state index is 6.22. The highest BCUT2D eigenvalue weighted by atomic mass is 35.5. The topological polar surface area (TPSA) is 3.24 Å². The average molecular weight is 335 g/mol. The molecular formula is C16H22Cl3N. The molecule has 20 heavy (non-hydrogen) atoms. The Hall–Kier alpha value is 0.0500. The van der Waals surface area contributed by atoms with Crippen molar-refractivity contribution in [2.24, 2.45) is 0 Å². The second-order valence-corrected chi connectivity index (χ2v) is 6.87. The molecule has 0 bridgehead atoms. The van der Waals surface area contributed by atoms with Gasteiger partial charge in [0.1, 0.15) is 0 Å². The second kappa shape index (κ2) is 6.44. The number of hydrogen-bond acceptors (Lipinski definition) is 1. The van der Waals surface area contributed by atoms with Gasteiger partial charge in [-0.25, -0.2) is 0 Å². The lowest BCUT2D eigenvalue weighted by molar-refractivity contribution is 0.0906. The molecule has 1 aliphatic heterocycles. The summed E-state index contributed by atoms with van der Waals surface area (Å²) in [6.07, 6.45) is 6.59. The van der Waals surface area contributed by atoms with Crippen LogP contribution in [-0.2, 0) is 5.41 Å². The van der Waals surface area contributed by atoms with E-state index in [-0.39, 0.29) is 12.4 Å². The molecule has 2 aliphatic rings. The van der Waals surface area contributed by atoms with E-state index in [0.717, 1.165) is 0 Å². The van der Waals surface area contributed by atoms with Gasteiger partial charge < -0.3 is 0 Å². The molecule has 1 atom stereocenters. The van der Waals surface area contributed by atoms with Crippen LogP contribution in [0.25, 0.3) is 0 Å². The number of likely N-dealkylation sites (tertiary alicyclic amines) is 1. The van der Waals surface area contributed by atoms with Gasteiger partial charge in [0, 0.05) is 11.5 Å². The minimum atomic E-state index is 0. The van der Waals surface area contributed by atoms with Crippen LogP contribution >= 0.6 is 35.6 Å². The summed E-state index contributed by atoms with van der Waals surface area (Å²) in [5.41, 5.74) is 1.69. The van der Waals surface area contributed by atoms with E-state index in [2.05, 4.69) is 24.0 Å². The van der Waals surface area contributed by atoms with E-state index in [1.165, 1.54) is 50.8 Å². The SMILES string of the molecule is CC(N1CCCC1)C1(c2ccc(Cl)c(Cl)c2)CCC1.Cl. The number of nitrogens with zero attached hydrogens (tertiary/aromatic N) is 1. The Morgan fingerprint density at radius 3 is 2.20 bits per heavy atom. The van der Waals surface area contributed by atoms with Gasteiger partial charge >= 0.3 is 0 Å². The van der Waals surface area contributed by atoms with E-state index in [1.54, 1.807) is 0 Å². The highest BCUT2D eigenvalue weighted by Crippen LogP contribution is 2.49. The lowest BCUT2D eigenvalue weighted by atomic mass is 9.60. The zero-order chi connectivity index (χ0) is 13.5. The molecule has 0 N–H and O–H groups in total. The molecule has 0 aromatic heterocycles. The molecule has 1 heterocycles. The first-order valence-electron chi connectivity index (χ1n) is 7.33. The minimum Gasteiger partial charge on any atom is -0.300 e. The maximum Gasteiger partial charge on any atom is 0.0595 e. The lowest BCUT2D eigenvalue weighted by Crippen LogP contribution is -2.52. The monoisotopic (exact) mass is 333 g/mol. The third kappa shape index (κ3) is 2.70. The van der Waals surface area contributed by atoms with Crippen molar-refractivity contribution in [1.29, 1.82) is 0 Å². The van der Waals surface area contributed by atoms with Crippen LogP contribution in [0.2, 0.25) is 10.0 Å². The van der Waals surface area contributed by atoms with Gasteiger partial charge in [0.2, 0.25) is 0 Å². The van der Waals surface area contributed by atoms with Crippen LogP contribution in [0.15, 0.2) is 18.2 Å². The fourth-order valence-electron chi connectivity index (χ4n) is 3.79. The largest absolute Gasteiger partial charge is 0.300 e. The third-order valence-electron chi connectivity index (χ3n) is 5.23. The fourth-order valence-corrected chi connectivity index (χ4v) is 4.09. The zero-order valence-electron chi connectivity index (χ0n) is 11.9. The van der Waals surface area contributed by atoms with E-state index < -0.39 is 0 Å². The van der Waals surface area contributed by atoms with Gasteiger partial charge in [-0.15, -0.1) is 12.4 Å². The van der Waals surface area contributed by atoms with E-state index in [9.17, 15) is 0 Å². The van der Waals surface area contributed by atoms with E-state index >= 15 is 0 Å². The van der Waals surface area contributed by atoms with Crippen molar-refractivity contribution in [2.45, 2.75) is 50.5 Å². The van der Waals surface area contributed by atoms with Crippen LogP contribution in [0, 0.1) is 0 Å². The average Bonchev–Trinajstić information content (AvgIpc) is 2.85. The van der Waals surface area contributed by atoms with Gasteiger partial charge in [0.15, 0.2) is 0 Å². The summed E-state index contributed by atoms with van der Waals surface area (Å²) in [6, 6.07) is 6.84. The van der Waals surface area contributed by atoms with Crippen molar-refractivity contribution in [3.63, 3.8) is 0 Å². The molecule has 1 aliphatic carbocycles. The summed E-state index contributed by atoms with van der Waals surface area (Å²) in [5.74, 6) is 0. The summed E-state index contributed by atoms with van der Waals surface area (Å²) in [6.45, 7) is 4.90. The Bertz CT molecular complexity index is 465. The van der Waals surface area contributed by atoms with Crippen LogP contribution in [0.4, 0.5) is 0 Å². The molecule has 1 saturated carbocycles. The normalized spacial score (nSPS) is 22.9. The summed E-state index contributed by atoms with van der Waals surface area (Å²) >= 11 is 12.3. The Labute approximate surface area is 138 Å². The van der Waals surface area contributed by atoms with E-state index in [4.69, 9.17) is 23.2 Å². The first kappa shape index (κ1) is 16.4. The lowest BCUT2D eigenvalue weighted by Gasteiger charge is -2.50. The zero-order valence-corrected chi connectivity index (χ0v) is 14.2. The predicted octanol–water partition coefficient (Wildman–Crippen LogP) is 5.32. The summed E-state index contributed by atoms with van der Waals surface area (Å²) in [5, 5.41) is 1.35. The van der Waals surface area contributed by atoms with Crippen LogP contribution in [0.1, 0.15) is 44.6 Å². The molecule has 1 unspecified atom stereocenters. The number of rotatable bonds is 3. The van der Waals surface area contributed by atoms with Gasteiger partial charge in [-0.05, 0) is 63.4 Å². The predicted molar refractivity (Wildman–Crippen MR) is 89.5 cm³/mol. The molecule has 1 nitrogen and oxygen atoms in total. The van der Waals surface area contributed by atoms with Gasteiger partial charge in [-0.1, -0.05) is 35.7 Å². The molecule has 4 heteroatoms. The van der Waals surface area contributed by atoms with Crippen molar-refractivity contribution in [3.8, 4) is 0 Å². The van der Waals surface area contributed by atoms with Crippen LogP contribution in [-0.4, -0.2) is 24.0 Å². The summed E-state index contributed by atoms with van der Waals surface area (Å²) in [4.78, 5) is 2.65. The van der Waals surface area contributed by atoms with Crippen molar-refractivity contribution in [3.05, 3.63) is 33.8 Å². The molecule has 1 aromatic rings. The fraction of sp³-hybridized carbons (Fsp3) is 0.625. The van der Waals surface area contributed by atoms with Crippen LogP contribution < -0.4 is 0 Å². The Morgan fingerprint density at radius 2 is 1.70 bits per heavy atom. The Balaban J connectivity index is 0.00000147. The molecular weight excluding hydrogens is 313 g/mol. The molecule has 0 radical (unpaired) electrons. The second-order valence-electron chi connectivity index (χ2n) is 6.06. The maximum atomic E-state index is 6.22. The van der Waals surface area contributed by atoms with Crippen LogP contribution in [0.5, 0.6) is 0 Å². The molecule has 2 fully saturated rings. The standard InChI is InChI=1S/C16H21Cl2N.ClH/c1-12(19-9-2-3-10-19)16(7-4-8-16)13-5-6-14(17)15(18)11-13;/h5-6,11-12H,2-4,7-10H2,1H3;1H. The van der Waals surface area contributed by atoms with Crippen molar-refractivity contribution in [1.82, 2.24) is 4.90 Å². The van der Waals surface area contributed by atoms with Gasteiger partial charge in [0.05, 0.1) is 10.0 Å². The molecule has 1 aromatic carbocycles. The third-order valence-corrected chi connectivity index (χ3v) is 5.97. The van der Waals surface area contributed by atoms with Crippen molar-refractivity contribution in [2.75, 3.05) is 13.1 Å². The number of benzene rings is 1. The first-order chi connectivity index (χ1) is 9.13. The Morgan fingerprint density at radius 1 is 1.05 bits per heavy atom. The van der Waals surface area contributed by atoms with Crippen molar-refractivity contribution >= 4 is 35.6 Å². The number of hydrogen-bond donors (Lipinski definition) is 0.